The number of anilines is 1. The monoisotopic (exact) mass is 373 g/mol. The van der Waals surface area contributed by atoms with E-state index in [0.29, 0.717) is 5.69 Å². The van der Waals surface area contributed by atoms with E-state index in [1.807, 2.05) is 24.3 Å². The summed E-state index contributed by atoms with van der Waals surface area (Å²) in [7, 11) is 0. The van der Waals surface area contributed by atoms with Crippen molar-refractivity contribution in [2.45, 2.75) is 39.2 Å². The normalized spacial score (nSPS) is 12.7. The highest BCUT2D eigenvalue weighted by molar-refractivity contribution is 5.95. The number of hydrogen-bond acceptors (Lipinski definition) is 4. The van der Waals surface area contributed by atoms with Crippen LogP contribution in [0, 0.1) is 5.82 Å². The van der Waals surface area contributed by atoms with Crippen molar-refractivity contribution in [2.24, 2.45) is 0 Å². The zero-order chi connectivity index (χ0) is 19.8. The first-order valence-corrected chi connectivity index (χ1v) is 8.89. The number of esters is 1. The lowest BCUT2D eigenvalue weighted by Crippen LogP contribution is -2.32. The predicted molar refractivity (Wildman–Crippen MR) is 101 cm³/mol. The van der Waals surface area contributed by atoms with Crippen LogP contribution in [0.3, 0.4) is 0 Å². The molecule has 0 unspecified atom stereocenters. The van der Waals surface area contributed by atoms with Gasteiger partial charge in [0.25, 0.3) is 5.91 Å². The molecule has 0 aliphatic rings. The van der Waals surface area contributed by atoms with Crippen molar-refractivity contribution in [2.75, 3.05) is 11.9 Å². The molecule has 144 valence electrons. The molecular weight excluding hydrogens is 349 g/mol. The number of para-hydroxylation sites is 2. The number of benzene rings is 2. The Hall–Kier alpha value is -2.89. The average molecular weight is 373 g/mol. The minimum atomic E-state index is -1.01. The minimum absolute atomic E-state index is 0.0472. The van der Waals surface area contributed by atoms with Gasteiger partial charge in [-0.3, -0.25) is 4.79 Å². The fraction of sp³-hybridized carbons (Fsp3) is 0.333. The molecule has 2 aromatic rings. The highest BCUT2D eigenvalue weighted by Gasteiger charge is 2.20. The van der Waals surface area contributed by atoms with Crippen LogP contribution < -0.4 is 10.1 Å². The maximum absolute atomic E-state index is 13.5. The van der Waals surface area contributed by atoms with E-state index in [0.717, 1.165) is 12.0 Å². The van der Waals surface area contributed by atoms with Gasteiger partial charge < -0.3 is 14.8 Å². The Morgan fingerprint density at radius 2 is 1.74 bits per heavy atom. The molecule has 2 atom stereocenters. The average Bonchev–Trinajstić information content (AvgIpc) is 2.67. The van der Waals surface area contributed by atoms with E-state index in [1.54, 1.807) is 6.07 Å². The maximum Gasteiger partial charge on any atom is 0.344 e. The summed E-state index contributed by atoms with van der Waals surface area (Å²) in [6.07, 6.45) is -0.0724. The lowest BCUT2D eigenvalue weighted by molar-refractivity contribution is -0.155. The molecule has 0 fully saturated rings. The second-order valence-electron chi connectivity index (χ2n) is 6.24. The molecule has 0 aliphatic carbocycles. The molecular formula is C21H24FNO4. The van der Waals surface area contributed by atoms with Gasteiger partial charge in [0.15, 0.2) is 24.3 Å². The van der Waals surface area contributed by atoms with Gasteiger partial charge >= 0.3 is 5.97 Å². The quantitative estimate of drug-likeness (QED) is 0.701. The van der Waals surface area contributed by atoms with E-state index in [2.05, 4.69) is 19.2 Å². The number of hydrogen-bond donors (Lipinski definition) is 1. The number of amides is 1. The number of nitrogens with one attached hydrogen (secondary N) is 1. The first-order chi connectivity index (χ1) is 12.9. The lowest BCUT2D eigenvalue weighted by atomic mass is 9.97. The lowest BCUT2D eigenvalue weighted by Gasteiger charge is -2.18. The van der Waals surface area contributed by atoms with Crippen molar-refractivity contribution < 1.29 is 23.5 Å². The molecule has 6 heteroatoms. The smallest absolute Gasteiger partial charge is 0.344 e. The first kappa shape index (κ1) is 20.4. The summed E-state index contributed by atoms with van der Waals surface area (Å²) in [4.78, 5) is 24.2. The number of ether oxygens (including phenoxy) is 2. The second kappa shape index (κ2) is 9.71. The first-order valence-electron chi connectivity index (χ1n) is 8.89. The van der Waals surface area contributed by atoms with Crippen LogP contribution in [0.5, 0.6) is 5.75 Å². The van der Waals surface area contributed by atoms with Crippen molar-refractivity contribution in [3.63, 3.8) is 0 Å². The highest BCUT2D eigenvalue weighted by Crippen LogP contribution is 2.26. The number of rotatable bonds is 8. The molecule has 0 aliphatic heterocycles. The Bertz CT molecular complexity index is 793. The van der Waals surface area contributed by atoms with Crippen LogP contribution >= 0.6 is 0 Å². The molecule has 2 rings (SSSR count). The summed E-state index contributed by atoms with van der Waals surface area (Å²) in [5.74, 6) is -1.53. The number of carbonyl (C=O) groups is 2. The SMILES string of the molecule is CC[C@@H](C)c1ccccc1NC(=O)[C@H](C)OC(=O)COc1ccccc1F. The van der Waals surface area contributed by atoms with Crippen LogP contribution in [-0.2, 0) is 14.3 Å². The van der Waals surface area contributed by atoms with Gasteiger partial charge in [-0.25, -0.2) is 9.18 Å². The fourth-order valence-corrected chi connectivity index (χ4v) is 2.48. The highest BCUT2D eigenvalue weighted by atomic mass is 19.1. The van der Waals surface area contributed by atoms with Gasteiger partial charge in [-0.15, -0.1) is 0 Å². The second-order valence-corrected chi connectivity index (χ2v) is 6.24. The molecule has 27 heavy (non-hydrogen) atoms. The Morgan fingerprint density at radius 3 is 2.44 bits per heavy atom. The molecule has 0 saturated heterocycles. The van der Waals surface area contributed by atoms with Crippen LogP contribution in [0.1, 0.15) is 38.7 Å². The standard InChI is InChI=1S/C21H24FNO4/c1-4-14(2)16-9-5-7-11-18(16)23-21(25)15(3)27-20(24)13-26-19-12-8-6-10-17(19)22/h5-12,14-15H,4,13H2,1-3H3,(H,23,25)/t14-,15+/m1/s1. The van der Waals surface area contributed by atoms with Gasteiger partial charge in [0, 0.05) is 5.69 Å². The van der Waals surface area contributed by atoms with E-state index >= 15 is 0 Å². The summed E-state index contributed by atoms with van der Waals surface area (Å²) in [5.41, 5.74) is 1.72. The number of halogens is 1. The van der Waals surface area contributed by atoms with Gasteiger partial charge in [-0.05, 0) is 43.0 Å². The molecule has 1 N–H and O–H groups in total. The van der Waals surface area contributed by atoms with Gasteiger partial charge in [-0.1, -0.05) is 44.2 Å². The molecule has 0 aromatic heterocycles. The molecule has 0 saturated carbocycles. The van der Waals surface area contributed by atoms with Crippen LogP contribution in [0.4, 0.5) is 10.1 Å². The molecule has 2 aromatic carbocycles. The van der Waals surface area contributed by atoms with Crippen molar-refractivity contribution in [1.29, 1.82) is 0 Å². The van der Waals surface area contributed by atoms with E-state index in [9.17, 15) is 14.0 Å². The molecule has 1 amide bonds. The summed E-state index contributed by atoms with van der Waals surface area (Å²) in [6.45, 7) is 5.14. The Balaban J connectivity index is 1.90. The molecule has 5 nitrogen and oxygen atoms in total. The third-order valence-electron chi connectivity index (χ3n) is 4.22. The van der Waals surface area contributed by atoms with Crippen LogP contribution in [-0.4, -0.2) is 24.6 Å². The molecule has 0 radical (unpaired) electrons. The van der Waals surface area contributed by atoms with E-state index in [1.165, 1.54) is 25.1 Å². The number of carbonyl (C=O) groups excluding carboxylic acids is 2. The van der Waals surface area contributed by atoms with E-state index in [4.69, 9.17) is 9.47 Å². The summed E-state index contributed by atoms with van der Waals surface area (Å²) < 4.78 is 23.6. The predicted octanol–water partition coefficient (Wildman–Crippen LogP) is 4.29. The molecule has 0 heterocycles. The maximum atomic E-state index is 13.5. The summed E-state index contributed by atoms with van der Waals surface area (Å²) in [5, 5.41) is 2.80. The van der Waals surface area contributed by atoms with Crippen LogP contribution in [0.15, 0.2) is 48.5 Å². The zero-order valence-electron chi connectivity index (χ0n) is 15.7. The molecule has 0 spiro atoms. The van der Waals surface area contributed by atoms with Gasteiger partial charge in [0.1, 0.15) is 0 Å². The Morgan fingerprint density at radius 1 is 1.07 bits per heavy atom. The third kappa shape index (κ3) is 5.81. The van der Waals surface area contributed by atoms with E-state index < -0.39 is 30.4 Å². The van der Waals surface area contributed by atoms with Crippen molar-refractivity contribution in [3.8, 4) is 5.75 Å². The Kier molecular flexibility index (Phi) is 7.34. The van der Waals surface area contributed by atoms with E-state index in [-0.39, 0.29) is 11.7 Å². The summed E-state index contributed by atoms with van der Waals surface area (Å²) in [6, 6.07) is 13.3. The minimum Gasteiger partial charge on any atom is -0.479 e. The third-order valence-corrected chi connectivity index (χ3v) is 4.22. The zero-order valence-corrected chi connectivity index (χ0v) is 15.7. The largest absolute Gasteiger partial charge is 0.479 e. The topological polar surface area (TPSA) is 64.6 Å². The van der Waals surface area contributed by atoms with Crippen molar-refractivity contribution >= 4 is 17.6 Å². The van der Waals surface area contributed by atoms with Gasteiger partial charge in [0.05, 0.1) is 0 Å². The summed E-state index contributed by atoms with van der Waals surface area (Å²) >= 11 is 0. The molecule has 0 bridgehead atoms. The van der Waals surface area contributed by atoms with Crippen molar-refractivity contribution in [1.82, 2.24) is 0 Å². The van der Waals surface area contributed by atoms with Crippen LogP contribution in [0.2, 0.25) is 0 Å². The fourth-order valence-electron chi connectivity index (χ4n) is 2.48. The Labute approximate surface area is 158 Å². The van der Waals surface area contributed by atoms with Gasteiger partial charge in [0.2, 0.25) is 0 Å². The van der Waals surface area contributed by atoms with Gasteiger partial charge in [-0.2, -0.15) is 0 Å². The van der Waals surface area contributed by atoms with Crippen LogP contribution in [0.25, 0.3) is 0 Å². The van der Waals surface area contributed by atoms with Crippen molar-refractivity contribution in [3.05, 3.63) is 59.9 Å².